The number of nitrogens with zero attached hydrogens (tertiary/aromatic N) is 3. The molecule has 2 bridgehead atoms. The maximum absolute atomic E-state index is 11.4. The highest BCUT2D eigenvalue weighted by Crippen LogP contribution is 2.45. The topological polar surface area (TPSA) is 159 Å². The Kier molecular flexibility index (Phi) is 12.1. The fourth-order valence-corrected chi connectivity index (χ4v) is 11.7. The van der Waals surface area contributed by atoms with Crippen LogP contribution in [0.15, 0.2) is 0 Å². The third-order valence-electron chi connectivity index (χ3n) is 7.44. The van der Waals surface area contributed by atoms with Crippen LogP contribution >= 0.6 is 0 Å². The first-order chi connectivity index (χ1) is 16.6. The zero-order valence-electron chi connectivity index (χ0n) is 20.6. The van der Waals surface area contributed by atoms with Gasteiger partial charge in [-0.1, -0.05) is 49.9 Å². The van der Waals surface area contributed by atoms with Gasteiger partial charge >= 0.3 is 23.9 Å². The summed E-state index contributed by atoms with van der Waals surface area (Å²) in [7, 11) is -1.22. The first kappa shape index (κ1) is 29.2. The molecule has 0 unspecified atom stereocenters. The van der Waals surface area contributed by atoms with Crippen molar-refractivity contribution in [3.05, 3.63) is 0 Å². The molecule has 0 saturated carbocycles. The highest BCUT2D eigenvalue weighted by Gasteiger charge is 2.40. The van der Waals surface area contributed by atoms with Gasteiger partial charge in [-0.15, -0.1) is 0 Å². The average molecular weight is 516 g/mol. The Morgan fingerprint density at radius 2 is 1.03 bits per heavy atom. The van der Waals surface area contributed by atoms with Crippen molar-refractivity contribution in [2.24, 2.45) is 5.92 Å². The van der Waals surface area contributed by atoms with E-state index in [1.807, 2.05) is 4.90 Å². The third kappa shape index (κ3) is 11.5. The highest BCUT2D eigenvalue weighted by atomic mass is 28.3. The van der Waals surface area contributed by atoms with Crippen molar-refractivity contribution in [3.63, 3.8) is 0 Å². The van der Waals surface area contributed by atoms with E-state index in [1.165, 1.54) is 54.8 Å². The summed E-state index contributed by atoms with van der Waals surface area (Å²) < 4.78 is 0. The molecule has 0 amide bonds. The van der Waals surface area contributed by atoms with Crippen LogP contribution < -0.4 is 0 Å². The average Bonchev–Trinajstić information content (AvgIpc) is 2.73. The second-order valence-electron chi connectivity index (χ2n) is 10.3. The number of carboxylic acids is 4. The fraction of sp³-hybridized carbons (Fsp3) is 0.826. The molecule has 11 nitrogen and oxygen atoms in total. The Morgan fingerprint density at radius 3 is 1.49 bits per heavy atom. The largest absolute Gasteiger partial charge is 0.480 e. The summed E-state index contributed by atoms with van der Waals surface area (Å²) in [5.41, 5.74) is 0. The van der Waals surface area contributed by atoms with E-state index in [0.717, 1.165) is 12.3 Å². The summed E-state index contributed by atoms with van der Waals surface area (Å²) in [5, 5.41) is 36.6. The van der Waals surface area contributed by atoms with Crippen LogP contribution in [0.3, 0.4) is 0 Å². The van der Waals surface area contributed by atoms with Gasteiger partial charge in [-0.3, -0.25) is 33.9 Å². The van der Waals surface area contributed by atoms with Gasteiger partial charge in [0.15, 0.2) is 0 Å². The van der Waals surface area contributed by atoms with Gasteiger partial charge in [-0.2, -0.15) is 0 Å². The molecule has 0 spiro atoms. The molecule has 0 aromatic rings. The van der Waals surface area contributed by atoms with Gasteiger partial charge in [0.25, 0.3) is 0 Å². The van der Waals surface area contributed by atoms with E-state index in [4.69, 9.17) is 10.2 Å². The van der Waals surface area contributed by atoms with Crippen LogP contribution in [0.1, 0.15) is 32.1 Å². The summed E-state index contributed by atoms with van der Waals surface area (Å²) >= 11 is 0. The lowest BCUT2D eigenvalue weighted by Gasteiger charge is -2.44. The zero-order valence-corrected chi connectivity index (χ0v) is 21.6. The Labute approximate surface area is 207 Å². The van der Waals surface area contributed by atoms with E-state index in [2.05, 4.69) is 0 Å². The summed E-state index contributed by atoms with van der Waals surface area (Å²) in [5.74, 6) is -3.38. The molecule has 2 heterocycles. The van der Waals surface area contributed by atoms with Crippen molar-refractivity contribution in [2.45, 2.75) is 56.3 Å². The van der Waals surface area contributed by atoms with Crippen LogP contribution in [0.4, 0.5) is 0 Å². The molecule has 35 heavy (non-hydrogen) atoms. The SMILES string of the molecule is O=C(O)CN(CCC[Si]12CCCC(CCC1)C2)CCN(CCN(CC(=O)O)CC(=O)O)CC(=O)O. The smallest absolute Gasteiger partial charge is 0.317 e. The summed E-state index contributed by atoms with van der Waals surface area (Å²) in [6.07, 6.45) is 6.41. The van der Waals surface area contributed by atoms with Crippen molar-refractivity contribution < 1.29 is 39.6 Å². The van der Waals surface area contributed by atoms with Crippen LogP contribution in [-0.2, 0) is 19.2 Å². The second kappa shape index (κ2) is 14.5. The van der Waals surface area contributed by atoms with E-state index in [1.54, 1.807) is 4.90 Å². The molecule has 0 aromatic heterocycles. The number of carbonyl (C=O) groups is 4. The van der Waals surface area contributed by atoms with E-state index in [0.29, 0.717) is 19.6 Å². The normalized spacial score (nSPS) is 22.0. The molecule has 2 aliphatic rings. The second-order valence-corrected chi connectivity index (χ2v) is 15.2. The minimum absolute atomic E-state index is 0.0834. The Morgan fingerprint density at radius 1 is 0.629 bits per heavy atom. The van der Waals surface area contributed by atoms with Gasteiger partial charge in [0, 0.05) is 26.2 Å². The monoisotopic (exact) mass is 515 g/mol. The predicted octanol–water partition coefficient (Wildman–Crippen LogP) is 1.27. The number of hydrogen-bond acceptors (Lipinski definition) is 7. The predicted molar refractivity (Wildman–Crippen MR) is 131 cm³/mol. The lowest BCUT2D eigenvalue weighted by Crippen LogP contribution is -2.45. The molecule has 0 radical (unpaired) electrons. The van der Waals surface area contributed by atoms with Crippen molar-refractivity contribution in [1.82, 2.24) is 14.7 Å². The number of carboxylic acid groups (broad SMARTS) is 4. The Bertz CT molecular complexity index is 712. The minimum atomic E-state index is -1.22. The molecule has 0 atom stereocenters. The van der Waals surface area contributed by atoms with Crippen molar-refractivity contribution in [1.29, 1.82) is 0 Å². The summed E-state index contributed by atoms with van der Waals surface area (Å²) in [6.45, 7) is 0.305. The quantitative estimate of drug-likeness (QED) is 0.195. The van der Waals surface area contributed by atoms with Crippen molar-refractivity contribution >= 4 is 32.0 Å². The Balaban J connectivity index is 1.88. The van der Waals surface area contributed by atoms with E-state index in [-0.39, 0.29) is 26.2 Å². The van der Waals surface area contributed by atoms with Crippen LogP contribution in [0.25, 0.3) is 0 Å². The van der Waals surface area contributed by atoms with Gasteiger partial charge < -0.3 is 20.4 Å². The molecule has 2 aliphatic heterocycles. The molecular weight excluding hydrogens is 474 g/mol. The Hall–Kier alpha value is -2.02. The van der Waals surface area contributed by atoms with E-state index >= 15 is 0 Å². The van der Waals surface area contributed by atoms with Crippen LogP contribution in [0.2, 0.25) is 24.2 Å². The summed E-state index contributed by atoms with van der Waals surface area (Å²) in [4.78, 5) is 49.5. The van der Waals surface area contributed by atoms with Gasteiger partial charge in [0.2, 0.25) is 0 Å². The molecule has 2 rings (SSSR count). The zero-order chi connectivity index (χ0) is 25.8. The first-order valence-corrected chi connectivity index (χ1v) is 15.4. The standard InChI is InChI=1S/C23H41N3O8Si/c27-20(28)14-24(6-3-13-35-11-1-4-19(18-35)5-2-12-35)7-8-25(15-21(29)30)9-10-26(16-22(31)32)17-23(33)34/h19H,1-18H2,(H,27,28)(H,29,30)(H,31,32)(H,33,34). The lowest BCUT2D eigenvalue weighted by atomic mass is 9.99. The maximum Gasteiger partial charge on any atom is 0.317 e. The fourth-order valence-electron chi connectivity index (χ4n) is 5.94. The first-order valence-electron chi connectivity index (χ1n) is 12.6. The molecule has 0 aromatic carbocycles. The van der Waals surface area contributed by atoms with Crippen molar-refractivity contribution in [2.75, 3.05) is 58.9 Å². The van der Waals surface area contributed by atoms with E-state index < -0.39 is 45.0 Å². The van der Waals surface area contributed by atoms with Crippen LogP contribution in [0.5, 0.6) is 0 Å². The highest BCUT2D eigenvalue weighted by molar-refractivity contribution is 6.80. The molecular formula is C23H41N3O8Si. The molecule has 200 valence electrons. The van der Waals surface area contributed by atoms with Gasteiger partial charge in [0.1, 0.15) is 0 Å². The lowest BCUT2D eigenvalue weighted by molar-refractivity contribution is -0.143. The molecule has 4 N–H and O–H groups in total. The van der Waals surface area contributed by atoms with Crippen molar-refractivity contribution in [3.8, 4) is 0 Å². The van der Waals surface area contributed by atoms with Crippen LogP contribution in [-0.4, -0.2) is 126 Å². The van der Waals surface area contributed by atoms with Gasteiger partial charge in [-0.25, -0.2) is 0 Å². The number of fused-ring (bicyclic) bond motifs is 2. The summed E-state index contributed by atoms with van der Waals surface area (Å²) in [6, 6.07) is 5.47. The molecule has 2 fully saturated rings. The third-order valence-corrected chi connectivity index (χ3v) is 13.1. The molecule has 2 saturated heterocycles. The number of aliphatic carboxylic acids is 4. The van der Waals surface area contributed by atoms with Crippen LogP contribution in [0, 0.1) is 5.92 Å². The van der Waals surface area contributed by atoms with Gasteiger partial charge in [0.05, 0.1) is 34.3 Å². The van der Waals surface area contributed by atoms with Gasteiger partial charge in [-0.05, 0) is 18.9 Å². The maximum atomic E-state index is 11.4. The number of hydrogen-bond donors (Lipinski definition) is 4. The molecule has 0 aliphatic carbocycles. The molecule has 12 heteroatoms. The van der Waals surface area contributed by atoms with E-state index in [9.17, 15) is 29.4 Å². The number of rotatable bonds is 18. The minimum Gasteiger partial charge on any atom is -0.480 e.